The van der Waals surface area contributed by atoms with Crippen LogP contribution < -0.4 is 5.32 Å². The van der Waals surface area contributed by atoms with Crippen LogP contribution in [-0.2, 0) is 11.2 Å². The maximum absolute atomic E-state index is 11.1. The molecule has 0 saturated heterocycles. The summed E-state index contributed by atoms with van der Waals surface area (Å²) in [5.41, 5.74) is 0. The molecule has 2 rings (SSSR count). The number of rotatable bonds is 3. The van der Waals surface area contributed by atoms with Crippen molar-refractivity contribution in [1.29, 1.82) is 0 Å². The molecule has 0 atom stereocenters. The highest BCUT2D eigenvalue weighted by Gasteiger charge is 2.11. The topological polar surface area (TPSA) is 72.2 Å². The van der Waals surface area contributed by atoms with Crippen molar-refractivity contribution in [2.45, 2.75) is 26.7 Å². The second kappa shape index (κ2) is 3.93. The highest BCUT2D eigenvalue weighted by Crippen LogP contribution is 2.18. The molecule has 2 heterocycles. The fraction of sp³-hybridized carbons (Fsp3) is 0.500. The maximum atomic E-state index is 11.1. The number of amides is 1. The van der Waals surface area contributed by atoms with Crippen LogP contribution >= 0.6 is 11.3 Å². The molecule has 0 radical (unpaired) electrons. The first-order valence-corrected chi connectivity index (χ1v) is 5.57. The minimum Gasteiger partial charge on any atom is -0.301 e. The van der Waals surface area contributed by atoms with Gasteiger partial charge in [-0.25, -0.2) is 0 Å². The van der Waals surface area contributed by atoms with Gasteiger partial charge in [-0.3, -0.25) is 4.79 Å². The first kappa shape index (κ1) is 10.0. The second-order valence-electron chi connectivity index (χ2n) is 2.97. The van der Waals surface area contributed by atoms with Gasteiger partial charge in [-0.05, 0) is 0 Å². The van der Waals surface area contributed by atoms with E-state index in [0.29, 0.717) is 16.5 Å². The Morgan fingerprint density at radius 3 is 2.93 bits per heavy atom. The minimum absolute atomic E-state index is 0.0435. The number of aromatic nitrogens is 4. The summed E-state index contributed by atoms with van der Waals surface area (Å²) in [6, 6.07) is 0. The molecular formula is C8H11N5OS. The molecule has 6 nitrogen and oxygen atoms in total. The smallest absolute Gasteiger partial charge is 0.236 e. The van der Waals surface area contributed by atoms with Gasteiger partial charge in [0.15, 0.2) is 5.82 Å². The standard InChI is InChI=1S/C8H11N5OS/c1-3-5-10-11-8-13(5)12-7(15-8)9-6(14)4-2/h3-4H2,1-2H3,(H,9,12,14). The van der Waals surface area contributed by atoms with Crippen molar-refractivity contribution < 1.29 is 4.79 Å². The monoisotopic (exact) mass is 225 g/mol. The van der Waals surface area contributed by atoms with Gasteiger partial charge in [0, 0.05) is 12.8 Å². The summed E-state index contributed by atoms with van der Waals surface area (Å²) in [7, 11) is 0. The van der Waals surface area contributed by atoms with Crippen LogP contribution in [-0.4, -0.2) is 25.7 Å². The maximum Gasteiger partial charge on any atom is 0.236 e. The normalized spacial score (nSPS) is 10.8. The zero-order valence-corrected chi connectivity index (χ0v) is 9.34. The average molecular weight is 225 g/mol. The fourth-order valence-corrected chi connectivity index (χ4v) is 1.91. The summed E-state index contributed by atoms with van der Waals surface area (Å²) in [5.74, 6) is 0.760. The van der Waals surface area contributed by atoms with E-state index in [2.05, 4.69) is 20.6 Å². The molecule has 1 amide bonds. The number of aryl methyl sites for hydroxylation is 1. The lowest BCUT2D eigenvalue weighted by Gasteiger charge is -1.95. The lowest BCUT2D eigenvalue weighted by Crippen LogP contribution is -2.09. The van der Waals surface area contributed by atoms with Crippen LogP contribution in [0.2, 0.25) is 0 Å². The number of fused-ring (bicyclic) bond motifs is 1. The highest BCUT2D eigenvalue weighted by atomic mass is 32.1. The van der Waals surface area contributed by atoms with Gasteiger partial charge in [0.2, 0.25) is 16.0 Å². The molecule has 0 spiro atoms. The molecule has 0 aliphatic rings. The van der Waals surface area contributed by atoms with Crippen LogP contribution in [0.15, 0.2) is 0 Å². The Balaban J connectivity index is 2.31. The number of nitrogens with one attached hydrogen (secondary N) is 1. The van der Waals surface area contributed by atoms with Crippen molar-refractivity contribution >= 4 is 27.3 Å². The lowest BCUT2D eigenvalue weighted by molar-refractivity contribution is -0.115. The Bertz CT molecular complexity index is 488. The molecule has 0 aromatic carbocycles. The summed E-state index contributed by atoms with van der Waals surface area (Å²) < 4.78 is 1.66. The summed E-state index contributed by atoms with van der Waals surface area (Å²) >= 11 is 1.32. The predicted molar refractivity (Wildman–Crippen MR) is 57.0 cm³/mol. The van der Waals surface area contributed by atoms with Gasteiger partial charge < -0.3 is 5.32 Å². The van der Waals surface area contributed by atoms with Gasteiger partial charge in [0.05, 0.1) is 0 Å². The zero-order valence-electron chi connectivity index (χ0n) is 8.52. The molecule has 0 aliphatic heterocycles. The molecule has 0 fully saturated rings. The van der Waals surface area contributed by atoms with Gasteiger partial charge in [-0.15, -0.1) is 15.3 Å². The summed E-state index contributed by atoms with van der Waals surface area (Å²) in [6.07, 6.45) is 1.22. The van der Waals surface area contributed by atoms with E-state index in [-0.39, 0.29) is 5.91 Å². The highest BCUT2D eigenvalue weighted by molar-refractivity contribution is 7.20. The summed E-state index contributed by atoms with van der Waals surface area (Å²) in [6.45, 7) is 3.78. The number of carbonyl (C=O) groups excluding carboxylic acids is 1. The predicted octanol–water partition coefficient (Wildman–Crippen LogP) is 1.10. The third kappa shape index (κ3) is 1.82. The van der Waals surface area contributed by atoms with Crippen molar-refractivity contribution in [3.63, 3.8) is 0 Å². The largest absolute Gasteiger partial charge is 0.301 e. The van der Waals surface area contributed by atoms with E-state index >= 15 is 0 Å². The van der Waals surface area contributed by atoms with E-state index < -0.39 is 0 Å². The number of anilines is 1. The zero-order chi connectivity index (χ0) is 10.8. The average Bonchev–Trinajstić information content (AvgIpc) is 2.76. The Kier molecular flexibility index (Phi) is 2.63. The van der Waals surface area contributed by atoms with Crippen LogP contribution in [0.5, 0.6) is 0 Å². The van der Waals surface area contributed by atoms with Crippen molar-refractivity contribution in [1.82, 2.24) is 19.8 Å². The van der Waals surface area contributed by atoms with E-state index in [1.54, 1.807) is 11.4 Å². The van der Waals surface area contributed by atoms with Gasteiger partial charge >= 0.3 is 0 Å². The SMILES string of the molecule is CCC(=O)Nc1nn2c(CC)nnc2s1. The third-order valence-corrected chi connectivity index (χ3v) is 2.75. The van der Waals surface area contributed by atoms with Crippen molar-refractivity contribution in [2.24, 2.45) is 0 Å². The van der Waals surface area contributed by atoms with Crippen LogP contribution in [0.4, 0.5) is 5.13 Å². The quantitative estimate of drug-likeness (QED) is 0.848. The number of carbonyl (C=O) groups is 1. The molecule has 0 unspecified atom stereocenters. The molecule has 1 N–H and O–H groups in total. The van der Waals surface area contributed by atoms with E-state index in [9.17, 15) is 4.79 Å². The number of hydrogen-bond acceptors (Lipinski definition) is 5. The number of hydrogen-bond donors (Lipinski definition) is 1. The number of nitrogens with zero attached hydrogens (tertiary/aromatic N) is 4. The van der Waals surface area contributed by atoms with Crippen molar-refractivity contribution in [3.8, 4) is 0 Å². The van der Waals surface area contributed by atoms with Gasteiger partial charge in [0.25, 0.3) is 0 Å². The molecule has 0 aliphatic carbocycles. The molecule has 7 heteroatoms. The van der Waals surface area contributed by atoms with Crippen LogP contribution in [0.25, 0.3) is 4.96 Å². The Morgan fingerprint density at radius 2 is 2.27 bits per heavy atom. The third-order valence-electron chi connectivity index (χ3n) is 1.94. The van der Waals surface area contributed by atoms with Crippen molar-refractivity contribution in [3.05, 3.63) is 5.82 Å². The van der Waals surface area contributed by atoms with E-state index in [1.807, 2.05) is 6.92 Å². The molecule has 80 valence electrons. The molecule has 2 aromatic heterocycles. The van der Waals surface area contributed by atoms with E-state index in [0.717, 1.165) is 12.2 Å². The molecule has 15 heavy (non-hydrogen) atoms. The van der Waals surface area contributed by atoms with Crippen LogP contribution in [0.1, 0.15) is 26.1 Å². The van der Waals surface area contributed by atoms with Gasteiger partial charge in [0.1, 0.15) is 0 Å². The Morgan fingerprint density at radius 1 is 1.47 bits per heavy atom. The Hall–Kier alpha value is -1.50. The van der Waals surface area contributed by atoms with Crippen LogP contribution in [0.3, 0.4) is 0 Å². The first-order valence-electron chi connectivity index (χ1n) is 4.75. The molecule has 0 saturated carbocycles. The fourth-order valence-electron chi connectivity index (χ4n) is 1.14. The van der Waals surface area contributed by atoms with E-state index in [1.165, 1.54) is 11.3 Å². The van der Waals surface area contributed by atoms with Crippen molar-refractivity contribution in [2.75, 3.05) is 5.32 Å². The minimum atomic E-state index is -0.0435. The van der Waals surface area contributed by atoms with Crippen LogP contribution in [0, 0.1) is 0 Å². The van der Waals surface area contributed by atoms with Gasteiger partial charge in [-0.1, -0.05) is 25.2 Å². The van der Waals surface area contributed by atoms with E-state index in [4.69, 9.17) is 0 Å². The van der Waals surface area contributed by atoms with Gasteiger partial charge in [-0.2, -0.15) is 4.52 Å². The molecule has 0 bridgehead atoms. The molecule has 2 aromatic rings. The molecular weight excluding hydrogens is 214 g/mol. The summed E-state index contributed by atoms with van der Waals surface area (Å²) in [5, 5.41) is 15.4. The first-order chi connectivity index (χ1) is 7.24. The Labute approximate surface area is 90.3 Å². The second-order valence-corrected chi connectivity index (χ2v) is 3.93. The lowest BCUT2D eigenvalue weighted by atomic mass is 10.5. The summed E-state index contributed by atoms with van der Waals surface area (Å²) in [4.78, 5) is 11.9.